The number of nitrogens with zero attached hydrogens (tertiary/aromatic N) is 6. The Morgan fingerprint density at radius 2 is 1.86 bits per heavy atom. The van der Waals surface area contributed by atoms with Gasteiger partial charge in [0.2, 0.25) is 0 Å². The molecule has 1 aliphatic heterocycles. The van der Waals surface area contributed by atoms with E-state index in [0.29, 0.717) is 59.4 Å². The van der Waals surface area contributed by atoms with E-state index in [2.05, 4.69) is 20.5 Å². The number of ether oxygens (including phenoxy) is 2. The van der Waals surface area contributed by atoms with Crippen LogP contribution in [0.25, 0.3) is 22.3 Å². The molecule has 0 fully saturated rings. The Hall–Kier alpha value is -4.73. The Morgan fingerprint density at radius 1 is 1.05 bits per heavy atom. The quantitative estimate of drug-likeness (QED) is 0.373. The van der Waals surface area contributed by atoms with Gasteiger partial charge in [-0.1, -0.05) is 0 Å². The second-order valence-electron chi connectivity index (χ2n) is 9.04. The molecule has 4 aromatic heterocycles. The average molecular weight is 496 g/mol. The number of benzene rings is 1. The highest BCUT2D eigenvalue weighted by atomic mass is 16.6. The number of hydrogen-bond donors (Lipinski definition) is 1. The number of hydrogen-bond acceptors (Lipinski definition) is 7. The average Bonchev–Trinajstić information content (AvgIpc) is 3.55. The van der Waals surface area contributed by atoms with Gasteiger partial charge in [0.05, 0.1) is 29.4 Å². The van der Waals surface area contributed by atoms with Crippen molar-refractivity contribution >= 4 is 22.8 Å². The summed E-state index contributed by atoms with van der Waals surface area (Å²) in [4.78, 5) is 22.4. The third kappa shape index (κ3) is 4.49. The van der Waals surface area contributed by atoms with Crippen LogP contribution in [0.4, 0.5) is 5.82 Å². The van der Waals surface area contributed by atoms with Gasteiger partial charge in [0.1, 0.15) is 13.2 Å². The Kier molecular flexibility index (Phi) is 5.76. The molecule has 5 aromatic rings. The van der Waals surface area contributed by atoms with Gasteiger partial charge in [-0.2, -0.15) is 10.2 Å². The molecule has 5 heterocycles. The number of fused-ring (bicyclic) bond motifs is 2. The van der Waals surface area contributed by atoms with Crippen LogP contribution in [0.15, 0.2) is 67.3 Å². The van der Waals surface area contributed by atoms with Crippen molar-refractivity contribution in [3.8, 4) is 22.8 Å². The number of anilines is 1. The second kappa shape index (κ2) is 9.38. The van der Waals surface area contributed by atoms with E-state index in [4.69, 9.17) is 14.5 Å². The van der Waals surface area contributed by atoms with Gasteiger partial charge in [-0.05, 0) is 55.8 Å². The first kappa shape index (κ1) is 22.7. The fourth-order valence-electron chi connectivity index (χ4n) is 4.31. The van der Waals surface area contributed by atoms with Gasteiger partial charge in [0.25, 0.3) is 5.91 Å². The minimum absolute atomic E-state index is 0.0697. The van der Waals surface area contributed by atoms with Gasteiger partial charge in [-0.15, -0.1) is 0 Å². The number of nitrogens with one attached hydrogen (secondary N) is 1. The summed E-state index contributed by atoms with van der Waals surface area (Å²) in [6.45, 7) is 5.64. The van der Waals surface area contributed by atoms with E-state index in [1.54, 1.807) is 35.4 Å². The molecule has 0 saturated heterocycles. The number of pyridine rings is 2. The van der Waals surface area contributed by atoms with Crippen molar-refractivity contribution < 1.29 is 14.3 Å². The maximum Gasteiger partial charge on any atom is 0.257 e. The molecule has 0 saturated carbocycles. The van der Waals surface area contributed by atoms with Crippen LogP contribution in [0, 0.1) is 0 Å². The zero-order valence-electron chi connectivity index (χ0n) is 20.5. The maximum atomic E-state index is 13.5. The lowest BCUT2D eigenvalue weighted by Crippen LogP contribution is -2.15. The Bertz CT molecular complexity index is 1590. The summed E-state index contributed by atoms with van der Waals surface area (Å²) < 4.78 is 15.0. The van der Waals surface area contributed by atoms with Gasteiger partial charge in [-0.3, -0.25) is 14.5 Å². The molecule has 0 spiro atoms. The molecule has 186 valence electrons. The van der Waals surface area contributed by atoms with Crippen LogP contribution in [-0.4, -0.2) is 48.6 Å². The summed E-state index contributed by atoms with van der Waals surface area (Å²) in [6, 6.07) is 13.2. The number of carbonyl (C=O) groups is 1. The zero-order chi connectivity index (χ0) is 25.4. The fraction of sp³-hybridized carbons (Fsp3) is 0.222. The SMILES string of the molecule is CC(C)n1ncc2c(C(=O)Nc3ccn(Cc4ccncc4)n3)cc(-c3ccc4c(c3)OCCO4)nc21. The molecule has 1 N–H and O–H groups in total. The molecule has 0 atom stereocenters. The Labute approximate surface area is 212 Å². The minimum atomic E-state index is -0.288. The van der Waals surface area contributed by atoms with Crippen LogP contribution < -0.4 is 14.8 Å². The molecule has 0 aliphatic carbocycles. The smallest absolute Gasteiger partial charge is 0.257 e. The topological polar surface area (TPSA) is 109 Å². The van der Waals surface area contributed by atoms with Crippen LogP contribution >= 0.6 is 0 Å². The first-order valence-electron chi connectivity index (χ1n) is 12.1. The second-order valence-corrected chi connectivity index (χ2v) is 9.04. The third-order valence-electron chi connectivity index (χ3n) is 6.11. The summed E-state index contributed by atoms with van der Waals surface area (Å²) in [5.74, 6) is 1.53. The molecule has 0 unspecified atom stereocenters. The molecule has 6 rings (SSSR count). The molecule has 1 amide bonds. The van der Waals surface area contributed by atoms with E-state index in [1.165, 1.54) is 0 Å². The molecule has 0 radical (unpaired) electrons. The third-order valence-corrected chi connectivity index (χ3v) is 6.11. The predicted molar refractivity (Wildman–Crippen MR) is 138 cm³/mol. The summed E-state index contributed by atoms with van der Waals surface area (Å²) in [6.07, 6.45) is 7.00. The van der Waals surface area contributed by atoms with Gasteiger partial charge < -0.3 is 14.8 Å². The van der Waals surface area contributed by atoms with Crippen LogP contribution in [0.3, 0.4) is 0 Å². The first-order valence-corrected chi connectivity index (χ1v) is 12.1. The summed E-state index contributed by atoms with van der Waals surface area (Å²) >= 11 is 0. The Balaban J connectivity index is 1.35. The van der Waals surface area contributed by atoms with Crippen molar-refractivity contribution in [1.82, 2.24) is 29.5 Å². The summed E-state index contributed by atoms with van der Waals surface area (Å²) in [5, 5.41) is 12.6. The highest BCUT2D eigenvalue weighted by Crippen LogP contribution is 2.35. The monoisotopic (exact) mass is 495 g/mol. The number of aromatic nitrogens is 6. The van der Waals surface area contributed by atoms with E-state index in [-0.39, 0.29) is 11.9 Å². The number of carbonyl (C=O) groups excluding carboxylic acids is 1. The lowest BCUT2D eigenvalue weighted by Gasteiger charge is -2.19. The highest BCUT2D eigenvalue weighted by molar-refractivity contribution is 6.12. The zero-order valence-corrected chi connectivity index (χ0v) is 20.5. The molecule has 1 aromatic carbocycles. The van der Waals surface area contributed by atoms with Crippen LogP contribution in [0.1, 0.15) is 35.8 Å². The van der Waals surface area contributed by atoms with Crippen LogP contribution in [0.2, 0.25) is 0 Å². The largest absolute Gasteiger partial charge is 0.486 e. The molecule has 37 heavy (non-hydrogen) atoms. The van der Waals surface area contributed by atoms with E-state index < -0.39 is 0 Å². The van der Waals surface area contributed by atoms with E-state index in [1.807, 2.05) is 55.1 Å². The van der Waals surface area contributed by atoms with Crippen molar-refractivity contribution in [3.63, 3.8) is 0 Å². The first-order chi connectivity index (χ1) is 18.0. The fourth-order valence-corrected chi connectivity index (χ4v) is 4.31. The lowest BCUT2D eigenvalue weighted by atomic mass is 10.1. The minimum Gasteiger partial charge on any atom is -0.486 e. The van der Waals surface area contributed by atoms with Crippen molar-refractivity contribution in [2.24, 2.45) is 0 Å². The summed E-state index contributed by atoms with van der Waals surface area (Å²) in [5.41, 5.74) is 3.62. The van der Waals surface area contributed by atoms with Crippen LogP contribution in [-0.2, 0) is 6.54 Å². The van der Waals surface area contributed by atoms with Gasteiger partial charge >= 0.3 is 0 Å². The molecule has 0 bridgehead atoms. The maximum absolute atomic E-state index is 13.5. The van der Waals surface area contributed by atoms with E-state index >= 15 is 0 Å². The van der Waals surface area contributed by atoms with Crippen molar-refractivity contribution in [3.05, 3.63) is 78.4 Å². The number of amides is 1. The number of rotatable bonds is 6. The highest BCUT2D eigenvalue weighted by Gasteiger charge is 2.21. The normalized spacial score (nSPS) is 12.7. The van der Waals surface area contributed by atoms with Crippen molar-refractivity contribution in [2.75, 3.05) is 18.5 Å². The standard InChI is InChI=1S/C27H25N7O3/c1-17(2)34-26-21(15-29-34)20(14-22(30-26)19-3-4-23-24(13-19)37-12-11-36-23)27(35)31-25-7-10-33(32-25)16-18-5-8-28-9-6-18/h3-10,13-15,17H,11-12,16H2,1-2H3,(H,31,32,35). The van der Waals surface area contributed by atoms with Crippen molar-refractivity contribution in [1.29, 1.82) is 0 Å². The van der Waals surface area contributed by atoms with Gasteiger partial charge in [0, 0.05) is 36.3 Å². The van der Waals surface area contributed by atoms with E-state index in [0.717, 1.165) is 11.1 Å². The Morgan fingerprint density at radius 3 is 2.68 bits per heavy atom. The predicted octanol–water partition coefficient (Wildman–Crippen LogP) is 4.34. The molecule has 10 nitrogen and oxygen atoms in total. The van der Waals surface area contributed by atoms with Gasteiger partial charge in [-0.25, -0.2) is 9.67 Å². The van der Waals surface area contributed by atoms with Gasteiger partial charge in [0.15, 0.2) is 23.0 Å². The molecule has 10 heteroatoms. The van der Waals surface area contributed by atoms with E-state index in [9.17, 15) is 4.79 Å². The molecular weight excluding hydrogens is 470 g/mol. The van der Waals surface area contributed by atoms with Crippen LogP contribution in [0.5, 0.6) is 11.5 Å². The van der Waals surface area contributed by atoms with Crippen molar-refractivity contribution in [2.45, 2.75) is 26.4 Å². The summed E-state index contributed by atoms with van der Waals surface area (Å²) in [7, 11) is 0. The lowest BCUT2D eigenvalue weighted by molar-refractivity contribution is 0.102. The molecular formula is C27H25N7O3. The molecule has 1 aliphatic rings.